The average Bonchev–Trinajstić information content (AvgIpc) is 2.71. The highest BCUT2D eigenvalue weighted by Gasteiger charge is 2.33. The molecular formula is C20H27ClN2O4S. The Morgan fingerprint density at radius 1 is 1.36 bits per heavy atom. The number of hydrogen-bond acceptors (Lipinski definition) is 5. The van der Waals surface area contributed by atoms with E-state index in [1.165, 1.54) is 0 Å². The van der Waals surface area contributed by atoms with Gasteiger partial charge in [0, 0.05) is 13.1 Å². The number of hydrogen-bond donors (Lipinski definition) is 1. The van der Waals surface area contributed by atoms with Gasteiger partial charge >= 0.3 is 5.97 Å². The minimum atomic E-state index is -0.655. The molecule has 2 amide bonds. The van der Waals surface area contributed by atoms with Gasteiger partial charge in [-0.3, -0.25) is 14.4 Å². The van der Waals surface area contributed by atoms with Crippen LogP contribution in [0.25, 0.3) is 0 Å². The van der Waals surface area contributed by atoms with Crippen molar-refractivity contribution in [3.05, 3.63) is 34.9 Å². The predicted octanol–water partition coefficient (Wildman–Crippen LogP) is 2.99. The molecule has 154 valence electrons. The second kappa shape index (κ2) is 11.3. The number of carbonyl (C=O) groups excluding carboxylic acids is 3. The fraction of sp³-hybridized carbons (Fsp3) is 0.550. The summed E-state index contributed by atoms with van der Waals surface area (Å²) < 4.78 is 5.11. The van der Waals surface area contributed by atoms with Crippen molar-refractivity contribution in [2.45, 2.75) is 32.2 Å². The molecule has 0 saturated carbocycles. The van der Waals surface area contributed by atoms with E-state index in [2.05, 4.69) is 5.32 Å². The third-order valence-electron chi connectivity index (χ3n) is 4.69. The SMILES string of the molecule is CCOC(=O)C1CCCN(C(=O)C(CCSC)NC(=O)c2ccccc2Cl)C1. The number of ether oxygens (including phenoxy) is 1. The summed E-state index contributed by atoms with van der Waals surface area (Å²) >= 11 is 7.72. The summed E-state index contributed by atoms with van der Waals surface area (Å²) in [6, 6.07) is 6.10. The summed E-state index contributed by atoms with van der Waals surface area (Å²) in [5, 5.41) is 3.18. The molecule has 28 heavy (non-hydrogen) atoms. The smallest absolute Gasteiger partial charge is 0.310 e. The van der Waals surface area contributed by atoms with Crippen LogP contribution < -0.4 is 5.32 Å². The fourth-order valence-electron chi connectivity index (χ4n) is 3.22. The number of benzene rings is 1. The fourth-order valence-corrected chi connectivity index (χ4v) is 3.92. The first kappa shape index (κ1) is 22.6. The van der Waals surface area contributed by atoms with E-state index in [1.54, 1.807) is 47.9 Å². The van der Waals surface area contributed by atoms with E-state index in [0.717, 1.165) is 12.2 Å². The summed E-state index contributed by atoms with van der Waals surface area (Å²) in [6.45, 7) is 3.00. The summed E-state index contributed by atoms with van der Waals surface area (Å²) in [5.74, 6) is -0.375. The number of likely N-dealkylation sites (tertiary alicyclic amines) is 1. The first-order valence-corrected chi connectivity index (χ1v) is 11.2. The Labute approximate surface area is 175 Å². The van der Waals surface area contributed by atoms with Gasteiger partial charge in [-0.15, -0.1) is 0 Å². The zero-order valence-electron chi connectivity index (χ0n) is 16.3. The van der Waals surface area contributed by atoms with Gasteiger partial charge in [0.1, 0.15) is 6.04 Å². The molecule has 0 bridgehead atoms. The third kappa shape index (κ3) is 6.14. The molecule has 2 rings (SSSR count). The summed E-state index contributed by atoms with van der Waals surface area (Å²) in [6.07, 6.45) is 3.92. The number of amides is 2. The summed E-state index contributed by atoms with van der Waals surface area (Å²) in [7, 11) is 0. The Bertz CT molecular complexity index is 701. The molecule has 1 N–H and O–H groups in total. The lowest BCUT2D eigenvalue weighted by Crippen LogP contribution is -2.52. The molecular weight excluding hydrogens is 400 g/mol. The van der Waals surface area contributed by atoms with E-state index >= 15 is 0 Å². The minimum Gasteiger partial charge on any atom is -0.466 e. The van der Waals surface area contributed by atoms with Gasteiger partial charge in [-0.2, -0.15) is 11.8 Å². The van der Waals surface area contributed by atoms with Crippen LogP contribution in [0.15, 0.2) is 24.3 Å². The van der Waals surface area contributed by atoms with Gasteiger partial charge in [0.05, 0.1) is 23.1 Å². The molecule has 0 spiro atoms. The molecule has 1 saturated heterocycles. The highest BCUT2D eigenvalue weighted by molar-refractivity contribution is 7.98. The highest BCUT2D eigenvalue weighted by atomic mass is 35.5. The van der Waals surface area contributed by atoms with E-state index < -0.39 is 6.04 Å². The van der Waals surface area contributed by atoms with Crippen LogP contribution in [-0.2, 0) is 14.3 Å². The van der Waals surface area contributed by atoms with Crippen molar-refractivity contribution in [3.8, 4) is 0 Å². The lowest BCUT2D eigenvalue weighted by Gasteiger charge is -2.34. The predicted molar refractivity (Wildman–Crippen MR) is 112 cm³/mol. The molecule has 1 aromatic rings. The molecule has 1 aliphatic rings. The summed E-state index contributed by atoms with van der Waals surface area (Å²) in [5.41, 5.74) is 0.342. The molecule has 0 aliphatic carbocycles. The maximum absolute atomic E-state index is 13.1. The van der Waals surface area contributed by atoms with Gasteiger partial charge < -0.3 is 15.0 Å². The second-order valence-corrected chi connectivity index (χ2v) is 8.06. The maximum atomic E-state index is 13.1. The van der Waals surface area contributed by atoms with Crippen molar-refractivity contribution in [1.82, 2.24) is 10.2 Å². The number of nitrogens with one attached hydrogen (secondary N) is 1. The molecule has 1 fully saturated rings. The largest absolute Gasteiger partial charge is 0.466 e. The molecule has 1 aromatic carbocycles. The van der Waals surface area contributed by atoms with Crippen LogP contribution in [-0.4, -0.2) is 60.4 Å². The molecule has 1 aliphatic heterocycles. The molecule has 0 radical (unpaired) electrons. The monoisotopic (exact) mass is 426 g/mol. The van der Waals surface area contributed by atoms with E-state index in [0.29, 0.717) is 43.1 Å². The maximum Gasteiger partial charge on any atom is 0.310 e. The van der Waals surface area contributed by atoms with Crippen LogP contribution in [0.3, 0.4) is 0 Å². The number of nitrogens with zero attached hydrogens (tertiary/aromatic N) is 1. The van der Waals surface area contributed by atoms with Gasteiger partial charge in [0.25, 0.3) is 5.91 Å². The standard InChI is InChI=1S/C20H27ClN2O4S/c1-3-27-20(26)14-7-6-11-23(13-14)19(25)17(10-12-28-2)22-18(24)15-8-4-5-9-16(15)21/h4-5,8-9,14,17H,3,6-7,10-13H2,1-2H3,(H,22,24). The Kier molecular flexibility index (Phi) is 9.12. The Balaban J connectivity index is 2.08. The third-order valence-corrected chi connectivity index (χ3v) is 5.66. The molecule has 2 unspecified atom stereocenters. The number of esters is 1. The number of thioether (sulfide) groups is 1. The zero-order chi connectivity index (χ0) is 20.5. The zero-order valence-corrected chi connectivity index (χ0v) is 17.9. The number of piperidine rings is 1. The van der Waals surface area contributed by atoms with Crippen LogP contribution in [0.5, 0.6) is 0 Å². The van der Waals surface area contributed by atoms with Crippen LogP contribution in [0, 0.1) is 5.92 Å². The quantitative estimate of drug-likeness (QED) is 0.647. The van der Waals surface area contributed by atoms with Crippen molar-refractivity contribution in [1.29, 1.82) is 0 Å². The lowest BCUT2D eigenvalue weighted by atomic mass is 9.97. The highest BCUT2D eigenvalue weighted by Crippen LogP contribution is 2.20. The van der Waals surface area contributed by atoms with Crippen LogP contribution in [0.4, 0.5) is 0 Å². The van der Waals surface area contributed by atoms with E-state index in [4.69, 9.17) is 16.3 Å². The molecule has 2 atom stereocenters. The Hall–Kier alpha value is -1.73. The molecule has 1 heterocycles. The molecule has 8 heteroatoms. The summed E-state index contributed by atoms with van der Waals surface area (Å²) in [4.78, 5) is 39.5. The minimum absolute atomic E-state index is 0.163. The van der Waals surface area contributed by atoms with Gasteiger partial charge in [-0.1, -0.05) is 23.7 Å². The Morgan fingerprint density at radius 2 is 2.11 bits per heavy atom. The molecule has 0 aromatic heterocycles. The van der Waals surface area contributed by atoms with Crippen LogP contribution >= 0.6 is 23.4 Å². The lowest BCUT2D eigenvalue weighted by molar-refractivity contribution is -0.151. The van der Waals surface area contributed by atoms with Gasteiger partial charge in [0.15, 0.2) is 0 Å². The van der Waals surface area contributed by atoms with Gasteiger partial charge in [-0.25, -0.2) is 0 Å². The van der Waals surface area contributed by atoms with E-state index in [9.17, 15) is 14.4 Å². The topological polar surface area (TPSA) is 75.7 Å². The average molecular weight is 427 g/mol. The van der Waals surface area contributed by atoms with Crippen molar-refractivity contribution >= 4 is 41.1 Å². The van der Waals surface area contributed by atoms with Crippen LogP contribution in [0.2, 0.25) is 5.02 Å². The van der Waals surface area contributed by atoms with Crippen molar-refractivity contribution in [2.75, 3.05) is 31.7 Å². The van der Waals surface area contributed by atoms with Crippen molar-refractivity contribution in [3.63, 3.8) is 0 Å². The molecule has 6 nitrogen and oxygen atoms in total. The number of carbonyl (C=O) groups is 3. The number of halogens is 1. The van der Waals surface area contributed by atoms with E-state index in [1.807, 2.05) is 6.26 Å². The van der Waals surface area contributed by atoms with E-state index in [-0.39, 0.29) is 23.7 Å². The first-order valence-electron chi connectivity index (χ1n) is 9.47. The number of rotatable bonds is 8. The normalized spacial score (nSPS) is 17.7. The van der Waals surface area contributed by atoms with Gasteiger partial charge in [0.2, 0.25) is 5.91 Å². The Morgan fingerprint density at radius 3 is 2.79 bits per heavy atom. The van der Waals surface area contributed by atoms with Crippen molar-refractivity contribution in [2.24, 2.45) is 5.92 Å². The first-order chi connectivity index (χ1) is 13.5. The van der Waals surface area contributed by atoms with Gasteiger partial charge in [-0.05, 0) is 50.3 Å². The van der Waals surface area contributed by atoms with Crippen LogP contribution in [0.1, 0.15) is 36.5 Å². The second-order valence-electron chi connectivity index (χ2n) is 6.66. The van der Waals surface area contributed by atoms with Crippen molar-refractivity contribution < 1.29 is 19.1 Å².